The fraction of sp³-hybridized carbons (Fsp3) is 0.333. The first-order chi connectivity index (χ1) is 13.4. The summed E-state index contributed by atoms with van der Waals surface area (Å²) in [5.74, 6) is 0.745. The third-order valence-corrected chi connectivity index (χ3v) is 4.36. The average molecular weight is 386 g/mol. The van der Waals surface area contributed by atoms with Crippen molar-refractivity contribution >= 4 is 11.9 Å². The first kappa shape index (κ1) is 19.7. The van der Waals surface area contributed by atoms with Crippen molar-refractivity contribution in [2.75, 3.05) is 20.8 Å². The molecule has 0 saturated carbocycles. The first-order valence-corrected chi connectivity index (χ1v) is 8.80. The van der Waals surface area contributed by atoms with Gasteiger partial charge in [-0.15, -0.1) is 0 Å². The molecule has 28 heavy (non-hydrogen) atoms. The maximum atomic E-state index is 11.4. The van der Waals surface area contributed by atoms with E-state index in [1.807, 2.05) is 12.1 Å². The molecule has 2 aromatic carbocycles. The van der Waals surface area contributed by atoms with Gasteiger partial charge in [0.05, 0.1) is 20.8 Å². The van der Waals surface area contributed by atoms with Crippen LogP contribution in [0.3, 0.4) is 0 Å². The zero-order valence-corrected chi connectivity index (χ0v) is 16.2. The van der Waals surface area contributed by atoms with Crippen molar-refractivity contribution in [3.63, 3.8) is 0 Å². The minimum absolute atomic E-state index is 0.338. The highest BCUT2D eigenvalue weighted by atomic mass is 16.6. The van der Waals surface area contributed by atoms with Crippen LogP contribution in [0.4, 0.5) is 0 Å². The van der Waals surface area contributed by atoms with Gasteiger partial charge in [0, 0.05) is 13.8 Å². The van der Waals surface area contributed by atoms with Crippen LogP contribution in [0.1, 0.15) is 36.6 Å². The van der Waals surface area contributed by atoms with E-state index in [4.69, 9.17) is 23.7 Å². The number of fused-ring (bicyclic) bond motifs is 1. The predicted octanol–water partition coefficient (Wildman–Crippen LogP) is 3.22. The molecule has 0 radical (unpaired) electrons. The highest BCUT2D eigenvalue weighted by Crippen LogP contribution is 2.41. The summed E-state index contributed by atoms with van der Waals surface area (Å²) in [6.45, 7) is 3.20. The van der Waals surface area contributed by atoms with Gasteiger partial charge in [0.1, 0.15) is 6.10 Å². The Balaban J connectivity index is 2.03. The normalized spacial score (nSPS) is 15.4. The molecule has 7 nitrogen and oxygen atoms in total. The molecule has 148 valence electrons. The Hall–Kier alpha value is -3.06. The minimum atomic E-state index is -0.432. The number of benzene rings is 2. The third kappa shape index (κ3) is 4.09. The van der Waals surface area contributed by atoms with Crippen LogP contribution in [0, 0.1) is 0 Å². The summed E-state index contributed by atoms with van der Waals surface area (Å²) >= 11 is 0. The van der Waals surface area contributed by atoms with Crippen LogP contribution < -0.4 is 18.9 Å². The lowest BCUT2D eigenvalue weighted by molar-refractivity contribution is -0.132. The average Bonchev–Trinajstić information content (AvgIpc) is 2.66. The largest absolute Gasteiger partial charge is 0.493 e. The van der Waals surface area contributed by atoms with Gasteiger partial charge in [0.15, 0.2) is 23.0 Å². The molecule has 0 saturated heterocycles. The first-order valence-electron chi connectivity index (χ1n) is 8.80. The van der Waals surface area contributed by atoms with Crippen LogP contribution in [0.2, 0.25) is 0 Å². The molecule has 0 N–H and O–H groups in total. The Morgan fingerprint density at radius 1 is 0.893 bits per heavy atom. The van der Waals surface area contributed by atoms with Crippen molar-refractivity contribution in [1.29, 1.82) is 0 Å². The van der Waals surface area contributed by atoms with E-state index in [0.717, 1.165) is 16.7 Å². The van der Waals surface area contributed by atoms with Crippen LogP contribution in [0.5, 0.6) is 23.0 Å². The van der Waals surface area contributed by atoms with Gasteiger partial charge in [-0.1, -0.05) is 6.07 Å². The number of methoxy groups -OCH3 is 2. The number of carbonyl (C=O) groups is 2. The number of ether oxygens (including phenoxy) is 5. The lowest BCUT2D eigenvalue weighted by Crippen LogP contribution is -2.18. The summed E-state index contributed by atoms with van der Waals surface area (Å²) in [6, 6.07) is 8.90. The molecule has 0 bridgehead atoms. The maximum absolute atomic E-state index is 11.4. The lowest BCUT2D eigenvalue weighted by Gasteiger charge is -2.28. The zero-order valence-electron chi connectivity index (χ0n) is 16.2. The standard InChI is InChI=1S/C21H22O7/c1-12(22)27-17-6-5-15(10-18(17)24-3)21-16-11-20(28-13(2)23)19(25-4)9-14(16)7-8-26-21/h5-6,9-11,21H,7-8H2,1-4H3. The van der Waals surface area contributed by atoms with Crippen LogP contribution >= 0.6 is 0 Å². The molecular formula is C21H22O7. The van der Waals surface area contributed by atoms with E-state index in [0.29, 0.717) is 36.0 Å². The van der Waals surface area contributed by atoms with Crippen molar-refractivity contribution < 1.29 is 33.3 Å². The quantitative estimate of drug-likeness (QED) is 0.576. The maximum Gasteiger partial charge on any atom is 0.308 e. The molecule has 2 aromatic rings. The number of rotatable bonds is 5. The van der Waals surface area contributed by atoms with Gasteiger partial charge < -0.3 is 23.7 Å². The molecule has 1 heterocycles. The second-order valence-corrected chi connectivity index (χ2v) is 6.30. The fourth-order valence-corrected chi connectivity index (χ4v) is 3.21. The third-order valence-electron chi connectivity index (χ3n) is 4.36. The fourth-order valence-electron chi connectivity index (χ4n) is 3.21. The topological polar surface area (TPSA) is 80.3 Å². The molecule has 0 fully saturated rings. The van der Waals surface area contributed by atoms with Gasteiger partial charge in [-0.2, -0.15) is 0 Å². The van der Waals surface area contributed by atoms with Crippen LogP contribution in [-0.2, 0) is 20.7 Å². The summed E-state index contributed by atoms with van der Waals surface area (Å²) in [7, 11) is 3.04. The Morgan fingerprint density at radius 2 is 1.54 bits per heavy atom. The van der Waals surface area contributed by atoms with Crippen LogP contribution in [-0.4, -0.2) is 32.8 Å². The Kier molecular flexibility index (Phi) is 5.84. The second-order valence-electron chi connectivity index (χ2n) is 6.30. The highest BCUT2D eigenvalue weighted by Gasteiger charge is 2.26. The molecule has 1 aliphatic rings. The Bertz CT molecular complexity index is 904. The van der Waals surface area contributed by atoms with E-state index < -0.39 is 11.9 Å². The molecule has 1 atom stereocenters. The van der Waals surface area contributed by atoms with E-state index in [9.17, 15) is 9.59 Å². The van der Waals surface area contributed by atoms with Crippen LogP contribution in [0.15, 0.2) is 30.3 Å². The van der Waals surface area contributed by atoms with Gasteiger partial charge in [-0.3, -0.25) is 9.59 Å². The van der Waals surface area contributed by atoms with Crippen LogP contribution in [0.25, 0.3) is 0 Å². The molecule has 1 aliphatic heterocycles. The van der Waals surface area contributed by atoms with Crippen molar-refractivity contribution in [2.45, 2.75) is 26.4 Å². The zero-order chi connectivity index (χ0) is 20.3. The van der Waals surface area contributed by atoms with E-state index in [1.54, 1.807) is 18.2 Å². The second kappa shape index (κ2) is 8.31. The Labute approximate surface area is 163 Å². The number of hydrogen-bond donors (Lipinski definition) is 0. The number of esters is 2. The van der Waals surface area contributed by atoms with Gasteiger partial charge >= 0.3 is 11.9 Å². The number of carbonyl (C=O) groups excluding carboxylic acids is 2. The van der Waals surface area contributed by atoms with Crippen molar-refractivity contribution in [2.24, 2.45) is 0 Å². The summed E-state index contributed by atoms with van der Waals surface area (Å²) in [5.41, 5.74) is 2.75. The summed E-state index contributed by atoms with van der Waals surface area (Å²) in [4.78, 5) is 22.7. The number of hydrogen-bond acceptors (Lipinski definition) is 7. The minimum Gasteiger partial charge on any atom is -0.493 e. The van der Waals surface area contributed by atoms with E-state index >= 15 is 0 Å². The predicted molar refractivity (Wildman–Crippen MR) is 100 cm³/mol. The molecule has 3 rings (SSSR count). The monoisotopic (exact) mass is 386 g/mol. The van der Waals surface area contributed by atoms with Gasteiger partial charge in [0.25, 0.3) is 0 Å². The molecule has 1 unspecified atom stereocenters. The van der Waals surface area contributed by atoms with Gasteiger partial charge in [-0.05, 0) is 47.4 Å². The summed E-state index contributed by atoms with van der Waals surface area (Å²) in [6.07, 6.45) is 0.329. The molecule has 0 aromatic heterocycles. The molecule has 7 heteroatoms. The molecule has 0 amide bonds. The smallest absolute Gasteiger partial charge is 0.308 e. The SMILES string of the molecule is COc1cc(C2OCCc3cc(OC)c(OC(C)=O)cc32)ccc1OC(C)=O. The summed E-state index contributed by atoms with van der Waals surface area (Å²) in [5, 5.41) is 0. The molecule has 0 spiro atoms. The highest BCUT2D eigenvalue weighted by molar-refractivity contribution is 5.71. The Morgan fingerprint density at radius 3 is 2.18 bits per heavy atom. The van der Waals surface area contributed by atoms with Crippen molar-refractivity contribution in [1.82, 2.24) is 0 Å². The van der Waals surface area contributed by atoms with Crippen molar-refractivity contribution in [3.05, 3.63) is 47.0 Å². The lowest BCUT2D eigenvalue weighted by atomic mass is 9.92. The molecular weight excluding hydrogens is 364 g/mol. The van der Waals surface area contributed by atoms with E-state index in [-0.39, 0.29) is 6.10 Å². The van der Waals surface area contributed by atoms with Crippen molar-refractivity contribution in [3.8, 4) is 23.0 Å². The van der Waals surface area contributed by atoms with Gasteiger partial charge in [0.2, 0.25) is 0 Å². The summed E-state index contributed by atoms with van der Waals surface area (Å²) < 4.78 is 27.2. The van der Waals surface area contributed by atoms with Gasteiger partial charge in [-0.25, -0.2) is 0 Å². The molecule has 0 aliphatic carbocycles. The van der Waals surface area contributed by atoms with E-state index in [1.165, 1.54) is 28.1 Å². The van der Waals surface area contributed by atoms with E-state index in [2.05, 4.69) is 0 Å².